The van der Waals surface area contributed by atoms with Crippen LogP contribution in [-0.4, -0.2) is 54.2 Å². The predicted molar refractivity (Wildman–Crippen MR) is 140 cm³/mol. The van der Waals surface area contributed by atoms with Crippen molar-refractivity contribution in [2.24, 2.45) is 17.6 Å². The highest BCUT2D eigenvalue weighted by Gasteiger charge is 2.62. The highest BCUT2D eigenvalue weighted by Crippen LogP contribution is 2.42. The minimum atomic E-state index is -5.19. The smallest absolute Gasteiger partial charge is 0.371 e. The van der Waals surface area contributed by atoms with E-state index < -0.39 is 29.2 Å². The fraction of sp³-hybridized carbons (Fsp3) is 0.481. The first kappa shape index (κ1) is 28.5. The molecule has 2 fully saturated rings. The lowest BCUT2D eigenvalue weighted by atomic mass is 9.82. The van der Waals surface area contributed by atoms with Crippen LogP contribution in [0.3, 0.4) is 0 Å². The second kappa shape index (κ2) is 11.3. The van der Waals surface area contributed by atoms with Crippen molar-refractivity contribution >= 4 is 40.7 Å². The molecular weight excluding hydrogens is 542 g/mol. The Hall–Kier alpha value is -2.49. The molecule has 0 aliphatic carbocycles. The Morgan fingerprint density at radius 1 is 0.947 bits per heavy atom. The highest BCUT2D eigenvalue weighted by atomic mass is 35.5. The molecule has 4 rings (SSSR count). The molecule has 0 saturated carbocycles. The predicted octanol–water partition coefficient (Wildman–Crippen LogP) is 5.39. The summed E-state index contributed by atoms with van der Waals surface area (Å²) in [4.78, 5) is 27.7. The van der Waals surface area contributed by atoms with Crippen molar-refractivity contribution < 1.29 is 27.9 Å². The molecule has 0 radical (unpaired) electrons. The maximum absolute atomic E-state index is 14.0. The SMILES string of the molecule is NC(=O)c1ccc(N2CCC(CC3CCN(C(=O)[C@](O)(c4cccc(Cl)c4)C(F)(F)F)CC3)CC2)cc1Cl. The number of hydrogen-bond donors (Lipinski definition) is 2. The first-order valence-electron chi connectivity index (χ1n) is 12.6. The number of piperidine rings is 2. The van der Waals surface area contributed by atoms with E-state index in [1.165, 1.54) is 12.1 Å². The van der Waals surface area contributed by atoms with Crippen molar-refractivity contribution in [1.82, 2.24) is 4.90 Å². The van der Waals surface area contributed by atoms with Crippen LogP contribution in [0.25, 0.3) is 0 Å². The van der Waals surface area contributed by atoms with Gasteiger partial charge in [0.25, 0.3) is 11.5 Å². The van der Waals surface area contributed by atoms with Gasteiger partial charge in [-0.05, 0) is 74.3 Å². The molecule has 0 unspecified atom stereocenters. The van der Waals surface area contributed by atoms with Crippen molar-refractivity contribution in [2.45, 2.75) is 43.9 Å². The molecule has 3 N–H and O–H groups in total. The molecule has 206 valence electrons. The molecule has 0 aromatic heterocycles. The van der Waals surface area contributed by atoms with Crippen LogP contribution in [0.4, 0.5) is 18.9 Å². The number of carbonyl (C=O) groups excluding carboxylic acids is 2. The summed E-state index contributed by atoms with van der Waals surface area (Å²) in [6.07, 6.45) is -1.17. The zero-order valence-corrected chi connectivity index (χ0v) is 22.2. The van der Waals surface area contributed by atoms with E-state index >= 15 is 0 Å². The summed E-state index contributed by atoms with van der Waals surface area (Å²) in [5.74, 6) is -1.16. The van der Waals surface area contributed by atoms with E-state index in [0.717, 1.165) is 55.1 Å². The zero-order valence-electron chi connectivity index (χ0n) is 20.7. The van der Waals surface area contributed by atoms with Gasteiger partial charge in [0.2, 0.25) is 5.91 Å². The Bertz CT molecular complexity index is 1180. The van der Waals surface area contributed by atoms with E-state index in [9.17, 15) is 27.9 Å². The Morgan fingerprint density at radius 3 is 2.08 bits per heavy atom. The third kappa shape index (κ3) is 5.90. The number of nitrogens with zero attached hydrogens (tertiary/aromatic N) is 2. The highest BCUT2D eigenvalue weighted by molar-refractivity contribution is 6.34. The van der Waals surface area contributed by atoms with Crippen LogP contribution in [0.5, 0.6) is 0 Å². The lowest BCUT2D eigenvalue weighted by molar-refractivity contribution is -0.262. The van der Waals surface area contributed by atoms with Crippen LogP contribution in [0.2, 0.25) is 10.0 Å². The van der Waals surface area contributed by atoms with E-state index in [0.29, 0.717) is 29.7 Å². The average Bonchev–Trinajstić information content (AvgIpc) is 2.87. The Kier molecular flexibility index (Phi) is 8.49. The van der Waals surface area contributed by atoms with Crippen LogP contribution in [0.1, 0.15) is 48.0 Å². The van der Waals surface area contributed by atoms with Crippen LogP contribution in [0.15, 0.2) is 42.5 Å². The number of aliphatic hydroxyl groups is 1. The minimum Gasteiger partial charge on any atom is -0.371 e. The topological polar surface area (TPSA) is 86.9 Å². The molecule has 0 spiro atoms. The van der Waals surface area contributed by atoms with Gasteiger partial charge in [0.1, 0.15) is 0 Å². The summed E-state index contributed by atoms with van der Waals surface area (Å²) in [5.41, 5.74) is 2.32. The second-order valence-corrected chi connectivity index (χ2v) is 11.0. The maximum Gasteiger partial charge on any atom is 0.430 e. The van der Waals surface area contributed by atoms with Gasteiger partial charge in [-0.2, -0.15) is 13.2 Å². The number of carbonyl (C=O) groups is 2. The Balaban J connectivity index is 1.31. The summed E-state index contributed by atoms with van der Waals surface area (Å²) in [5, 5.41) is 11.0. The number of hydrogen-bond acceptors (Lipinski definition) is 4. The summed E-state index contributed by atoms with van der Waals surface area (Å²) in [6, 6.07) is 9.93. The van der Waals surface area contributed by atoms with Gasteiger partial charge >= 0.3 is 6.18 Å². The number of rotatable bonds is 6. The standard InChI is InChI=1S/C27H30Cl2F3N3O3/c28-20-3-1-2-19(15-20)26(38,27(30,31)32)25(37)35-12-8-18(9-13-35)14-17-6-10-34(11-7-17)21-4-5-22(24(33)36)23(29)16-21/h1-5,15-18,38H,6-14H2,(H2,33,36)/t26-/m1/s1. The normalized spacial score (nSPS) is 19.3. The van der Waals surface area contributed by atoms with E-state index in [1.807, 2.05) is 6.07 Å². The molecule has 6 nitrogen and oxygen atoms in total. The summed E-state index contributed by atoms with van der Waals surface area (Å²) < 4.78 is 41.9. The van der Waals surface area contributed by atoms with Gasteiger partial charge in [-0.25, -0.2) is 0 Å². The number of likely N-dealkylation sites (tertiary alicyclic amines) is 1. The van der Waals surface area contributed by atoms with Gasteiger partial charge in [-0.15, -0.1) is 0 Å². The zero-order chi connectivity index (χ0) is 27.7. The number of benzene rings is 2. The quantitative estimate of drug-likeness (QED) is 0.487. The number of amides is 2. The molecule has 2 heterocycles. The number of halogens is 5. The van der Waals surface area contributed by atoms with E-state index in [4.69, 9.17) is 28.9 Å². The molecule has 2 aromatic carbocycles. The first-order chi connectivity index (χ1) is 17.9. The van der Waals surface area contributed by atoms with Crippen molar-refractivity contribution in [1.29, 1.82) is 0 Å². The third-order valence-corrected chi connectivity index (χ3v) is 8.28. The molecule has 38 heavy (non-hydrogen) atoms. The molecule has 2 amide bonds. The molecular formula is C27H30Cl2F3N3O3. The summed E-state index contributed by atoms with van der Waals surface area (Å²) in [6.45, 7) is 1.97. The molecule has 2 aromatic rings. The van der Waals surface area contributed by atoms with Crippen LogP contribution < -0.4 is 10.6 Å². The lowest BCUT2D eigenvalue weighted by Crippen LogP contribution is -2.57. The van der Waals surface area contributed by atoms with Gasteiger partial charge in [-0.1, -0.05) is 35.3 Å². The lowest BCUT2D eigenvalue weighted by Gasteiger charge is -2.40. The van der Waals surface area contributed by atoms with Gasteiger partial charge in [0.15, 0.2) is 0 Å². The number of anilines is 1. The summed E-state index contributed by atoms with van der Waals surface area (Å²) >= 11 is 12.0. The summed E-state index contributed by atoms with van der Waals surface area (Å²) in [7, 11) is 0. The molecule has 0 bridgehead atoms. The van der Waals surface area contributed by atoms with Gasteiger partial charge in [0.05, 0.1) is 10.6 Å². The fourth-order valence-corrected chi connectivity index (χ4v) is 5.98. The van der Waals surface area contributed by atoms with Crippen LogP contribution in [-0.2, 0) is 10.4 Å². The van der Waals surface area contributed by atoms with Gasteiger partial charge < -0.3 is 20.6 Å². The largest absolute Gasteiger partial charge is 0.430 e. The Labute approximate surface area is 229 Å². The van der Waals surface area contributed by atoms with E-state index in [-0.39, 0.29) is 23.7 Å². The maximum atomic E-state index is 14.0. The van der Waals surface area contributed by atoms with E-state index in [1.54, 1.807) is 12.1 Å². The van der Waals surface area contributed by atoms with Crippen LogP contribution in [0, 0.1) is 11.8 Å². The molecule has 2 saturated heterocycles. The van der Waals surface area contributed by atoms with Crippen molar-refractivity contribution in [3.8, 4) is 0 Å². The van der Waals surface area contributed by atoms with Crippen molar-refractivity contribution in [2.75, 3.05) is 31.1 Å². The second-order valence-electron chi connectivity index (χ2n) is 10.1. The van der Waals surface area contributed by atoms with Crippen molar-refractivity contribution in [3.05, 3.63) is 63.6 Å². The molecule has 1 atom stereocenters. The molecule has 2 aliphatic heterocycles. The molecule has 2 aliphatic rings. The number of alkyl halides is 3. The third-order valence-electron chi connectivity index (χ3n) is 7.73. The Morgan fingerprint density at radius 2 is 1.55 bits per heavy atom. The van der Waals surface area contributed by atoms with Gasteiger partial charge in [0, 0.05) is 42.5 Å². The van der Waals surface area contributed by atoms with E-state index in [2.05, 4.69) is 4.90 Å². The minimum absolute atomic E-state index is 0.00787. The fourth-order valence-electron chi connectivity index (χ4n) is 5.52. The molecule has 11 heteroatoms. The van der Waals surface area contributed by atoms with Crippen molar-refractivity contribution in [3.63, 3.8) is 0 Å². The monoisotopic (exact) mass is 571 g/mol. The first-order valence-corrected chi connectivity index (χ1v) is 13.3. The van der Waals surface area contributed by atoms with Crippen LogP contribution >= 0.6 is 23.2 Å². The van der Waals surface area contributed by atoms with Gasteiger partial charge in [-0.3, -0.25) is 9.59 Å². The number of nitrogens with two attached hydrogens (primary N) is 1. The number of primary amides is 1. The average molecular weight is 572 g/mol.